The van der Waals surface area contributed by atoms with Gasteiger partial charge in [0.05, 0.1) is 37.8 Å². The molecule has 0 radical (unpaired) electrons. The summed E-state index contributed by atoms with van der Waals surface area (Å²) < 4.78 is 15.9. The summed E-state index contributed by atoms with van der Waals surface area (Å²) in [5, 5.41) is 57.9. The minimum Gasteiger partial charge on any atom is -0.508 e. The van der Waals surface area contributed by atoms with Crippen LogP contribution in [0.2, 0.25) is 0 Å². The number of likely N-dealkylation sites (N-methyl/N-ethyl adjacent to an activating group) is 3. The number of rotatable bonds is 23. The number of aromatic hydroxyl groups is 2. The molecule has 1 aliphatic rings. The number of Topliss-reactive ketones (excluding diaryl/α,β-unsaturated/α-hetero) is 1. The predicted molar refractivity (Wildman–Crippen MR) is 474 cm³/mol. The predicted octanol–water partition coefficient (Wildman–Crippen LogP) is 2.87. The molecule has 1 aliphatic heterocycles. The van der Waals surface area contributed by atoms with Crippen molar-refractivity contribution < 1.29 is 96.4 Å². The van der Waals surface area contributed by atoms with Crippen molar-refractivity contribution in [2.45, 2.75) is 172 Å². The van der Waals surface area contributed by atoms with Gasteiger partial charge in [-0.3, -0.25) is 76.7 Å². The Bertz CT molecular complexity index is 5060. The molecule has 0 spiro atoms. The Morgan fingerprint density at radius 2 is 0.977 bits per heavy atom. The van der Waals surface area contributed by atoms with Crippen molar-refractivity contribution in [2.75, 3.05) is 52.3 Å². The van der Waals surface area contributed by atoms with Gasteiger partial charge in [0, 0.05) is 88.4 Å². The first-order valence-electron chi connectivity index (χ1n) is 42.2. The van der Waals surface area contributed by atoms with E-state index in [4.69, 9.17) is 5.73 Å². The van der Waals surface area contributed by atoms with Crippen molar-refractivity contribution in [3.63, 3.8) is 0 Å². The molecule has 1 fully saturated rings. The first-order chi connectivity index (χ1) is 60.9. The number of hydrogen-bond acceptors (Lipinski definition) is 19. The Labute approximate surface area is 745 Å². The maximum Gasteiger partial charge on any atom is 0.305 e. The number of fused-ring (bicyclic) bond motifs is 1. The maximum absolute atomic E-state index is 15.9. The third kappa shape index (κ3) is 31.0. The van der Waals surface area contributed by atoms with Crippen LogP contribution in [0.1, 0.15) is 107 Å². The number of aromatic nitrogens is 1. The Hall–Kier alpha value is -13.5. The van der Waals surface area contributed by atoms with Crippen LogP contribution in [0.25, 0.3) is 10.9 Å². The molecule has 2 heterocycles. The minimum absolute atomic E-state index is 0.0128. The number of carbonyl (C=O) groups excluding carboxylic acids is 15. The van der Waals surface area contributed by atoms with Gasteiger partial charge in [-0.15, -0.1) is 11.8 Å². The summed E-state index contributed by atoms with van der Waals surface area (Å²) in [6.07, 6.45) is -1.21. The number of carbonyl (C=O) groups is 16. The van der Waals surface area contributed by atoms with Crippen LogP contribution < -0.4 is 58.9 Å². The fourth-order valence-electron chi connectivity index (χ4n) is 14.7. The summed E-state index contributed by atoms with van der Waals surface area (Å²) in [6.45, 7) is 5.99. The number of phenols is 2. The zero-order valence-corrected chi connectivity index (χ0v) is 73.5. The fourth-order valence-corrected chi connectivity index (χ4v) is 15.6. The number of hydrogen-bond donors (Lipinski definition) is 15. The number of ketones is 1. The lowest BCUT2D eigenvalue weighted by atomic mass is 9.87. The molecular weight excluding hydrogens is 1670 g/mol. The van der Waals surface area contributed by atoms with Gasteiger partial charge in [0.2, 0.25) is 82.7 Å². The number of aliphatic carboxylic acids is 1. The monoisotopic (exact) mass is 1780 g/mol. The lowest BCUT2D eigenvalue weighted by Crippen LogP contribution is -2.60. The number of carboxylic acids is 1. The van der Waals surface area contributed by atoms with E-state index in [1.54, 1.807) is 105 Å². The highest BCUT2D eigenvalue weighted by atomic mass is 32.2. The first-order valence-corrected chi connectivity index (χ1v) is 43.4. The summed E-state index contributed by atoms with van der Waals surface area (Å²) >= 11 is 0.813. The lowest BCUT2D eigenvalue weighted by molar-refractivity contribution is -0.147. The van der Waals surface area contributed by atoms with Crippen molar-refractivity contribution in [1.82, 2.24) is 72.9 Å². The molecule has 36 heteroatoms. The molecule has 684 valence electrons. The summed E-state index contributed by atoms with van der Waals surface area (Å²) in [7, 11) is 3.79. The summed E-state index contributed by atoms with van der Waals surface area (Å²) in [6, 6.07) is 25.0. The van der Waals surface area contributed by atoms with Crippen molar-refractivity contribution in [1.29, 1.82) is 0 Å². The summed E-state index contributed by atoms with van der Waals surface area (Å²) in [5.74, 6) is -20.3. The Morgan fingerprint density at radius 3 is 1.53 bits per heavy atom. The normalized spacial score (nSPS) is 21.9. The third-order valence-electron chi connectivity index (χ3n) is 21.5. The number of para-hydroxylation sites is 1. The molecule has 11 atom stereocenters. The lowest BCUT2D eigenvalue weighted by Gasteiger charge is -2.34. The van der Waals surface area contributed by atoms with Crippen LogP contribution in [0.4, 0.5) is 4.39 Å². The Kier molecular flexibility index (Phi) is 38.1. The number of aromatic amines is 1. The highest BCUT2D eigenvalue weighted by molar-refractivity contribution is 8.00. The van der Waals surface area contributed by atoms with Gasteiger partial charge in [-0.05, 0) is 101 Å². The van der Waals surface area contributed by atoms with E-state index in [0.29, 0.717) is 51.6 Å². The van der Waals surface area contributed by atoms with E-state index in [0.717, 1.165) is 32.5 Å². The van der Waals surface area contributed by atoms with E-state index in [-0.39, 0.29) is 67.9 Å². The summed E-state index contributed by atoms with van der Waals surface area (Å²) in [5.41, 5.74) is 8.38. The number of unbranched alkanes of at least 4 members (excludes halogenated alkanes) is 1. The van der Waals surface area contributed by atoms with E-state index < -0.39 is 223 Å². The molecular formula is C92H114FN15O19S. The van der Waals surface area contributed by atoms with E-state index >= 15 is 33.2 Å². The van der Waals surface area contributed by atoms with Crippen molar-refractivity contribution in [3.8, 4) is 11.5 Å². The summed E-state index contributed by atoms with van der Waals surface area (Å²) in [4.78, 5) is 239. The Balaban J connectivity index is 1.20. The zero-order valence-electron chi connectivity index (χ0n) is 72.7. The Morgan fingerprint density at radius 1 is 0.508 bits per heavy atom. The van der Waals surface area contributed by atoms with Crippen LogP contribution >= 0.6 is 11.8 Å². The topological polar surface area (TPSA) is 506 Å². The largest absolute Gasteiger partial charge is 0.508 e. The van der Waals surface area contributed by atoms with Crippen LogP contribution in [0.5, 0.6) is 11.5 Å². The number of nitrogens with one attached hydrogen (secondary N) is 11. The van der Waals surface area contributed by atoms with E-state index in [2.05, 4.69) is 58.2 Å². The number of primary amides is 1. The molecule has 128 heavy (non-hydrogen) atoms. The van der Waals surface area contributed by atoms with E-state index in [9.17, 15) is 63.3 Å². The number of thioether (sulfide) groups is 1. The molecule has 7 aromatic rings. The second kappa shape index (κ2) is 48.8. The number of H-pyrrole nitrogens is 1. The molecule has 0 aliphatic carbocycles. The van der Waals surface area contributed by atoms with Crippen LogP contribution in [0.15, 0.2) is 164 Å². The molecule has 0 unspecified atom stereocenters. The molecule has 14 amide bonds. The van der Waals surface area contributed by atoms with Gasteiger partial charge in [-0.1, -0.05) is 169 Å². The van der Waals surface area contributed by atoms with Crippen molar-refractivity contribution >= 4 is 117 Å². The quantitative estimate of drug-likeness (QED) is 0.0438. The standard InChI is InChI=1S/C92H114FN15O19S/c1-9-10-29-75-92(127)107(7)50-79(114)98-71(46-81(116)117)89(124)105-82(54(4)5)76(111)45-60(43-59-25-17-19-27-65(59)93)83(118)102-72(42-58-32-36-63(110)37-33-58)90(125)106(6)49-78(113)97-70(44-61-47-95-66-28-20-18-26-64(61)66)88(123)101-69(40-57-30-34-62(109)35-31-57)87(122)100-67(38-53(2)3)85(120)104-74(84(119)96-48-77(94)112)51-128-52-80(115)99-68(39-55-21-13-11-14-22-55)86(121)103-73(91(126)108(75)8)41-56-23-15-12-16-24-56/h11-28,30-37,47,53-54,60,67-75,82,95,109-110H,9-10,29,38-46,48-52H2,1-8H3,(H2,94,112)(H,96,119)(H,97,113)(H,98,114)(H,99,115)(H,100,122)(H,101,123)(H,102,118)(H,103,121)(H,104,120)(H,105,124)(H,116,117)/t60-,67+,68+,69+,70+,71+,72+,73+,74+,75+,82+/m1/s1. The van der Waals surface area contributed by atoms with Crippen LogP contribution in [0.3, 0.4) is 0 Å². The van der Waals surface area contributed by atoms with Gasteiger partial charge in [0.15, 0.2) is 5.78 Å². The smallest absolute Gasteiger partial charge is 0.305 e. The number of nitrogens with two attached hydrogens (primary N) is 1. The SMILES string of the molecule is CCCC[C@H]1C(=O)N(C)CC(=O)N[C@@H](CC(=O)O)C(=O)N[C@@H](C(C)C)C(=O)C[C@@H](Cc2ccccc2F)C(=O)N[C@@H](Cc2ccc(O)cc2)C(=O)N(C)CC(=O)N[C@@H](Cc2c[nH]c3ccccc23)C(=O)N[C@@H](Cc2ccc(O)cc2)C(=O)N[C@@H](CC(C)C)C(=O)N[C@H](C(=O)NCC(N)=O)CSCC(=O)N[C@@H](Cc2ccccc2)C(=O)N[C@@H](Cc2ccccc2)C(=O)N1C. The number of halogens is 1. The van der Waals surface area contributed by atoms with Crippen LogP contribution in [-0.2, 0) is 115 Å². The zero-order chi connectivity index (χ0) is 93.4. The first kappa shape index (κ1) is 99.9. The average molecular weight is 1790 g/mol. The third-order valence-corrected chi connectivity index (χ3v) is 22.6. The minimum atomic E-state index is -1.93. The number of carboxylic acid groups (broad SMARTS) is 1. The second-order valence-electron chi connectivity index (χ2n) is 32.7. The van der Waals surface area contributed by atoms with E-state index in [1.165, 1.54) is 102 Å². The number of nitrogens with zero attached hydrogens (tertiary/aromatic N) is 3. The van der Waals surface area contributed by atoms with Crippen LogP contribution in [-0.4, -0.2) is 242 Å². The number of phenolic OH excluding ortho intramolecular Hbond substituents is 2. The molecule has 0 saturated carbocycles. The van der Waals surface area contributed by atoms with Crippen molar-refractivity contribution in [2.24, 2.45) is 23.5 Å². The highest BCUT2D eigenvalue weighted by Gasteiger charge is 2.40. The maximum atomic E-state index is 15.9. The van der Waals surface area contributed by atoms with Gasteiger partial charge in [0.25, 0.3) is 0 Å². The van der Waals surface area contributed by atoms with Gasteiger partial charge >= 0.3 is 5.97 Å². The number of amides is 14. The average Bonchev–Trinajstić information content (AvgIpc) is 1.81. The molecule has 1 aromatic heterocycles. The van der Waals surface area contributed by atoms with E-state index in [1.807, 2.05) is 6.92 Å². The van der Waals surface area contributed by atoms with Gasteiger partial charge < -0.3 is 93.9 Å². The molecule has 8 rings (SSSR count). The van der Waals surface area contributed by atoms with Crippen molar-refractivity contribution in [3.05, 3.63) is 203 Å². The van der Waals surface area contributed by atoms with Gasteiger partial charge in [0.1, 0.15) is 71.7 Å². The molecule has 6 aromatic carbocycles. The second-order valence-corrected chi connectivity index (χ2v) is 33.7. The molecule has 16 N–H and O–H groups in total. The molecule has 0 bridgehead atoms. The van der Waals surface area contributed by atoms with Gasteiger partial charge in [-0.25, -0.2) is 4.39 Å². The fraction of sp³-hybridized carbons (Fsp3) is 0.413. The van der Waals surface area contributed by atoms with Crippen LogP contribution in [0, 0.1) is 23.6 Å². The molecule has 34 nitrogen and oxygen atoms in total. The molecule has 1 saturated heterocycles. The van der Waals surface area contributed by atoms with Gasteiger partial charge in [-0.2, -0.15) is 0 Å². The highest BCUT2D eigenvalue weighted by Crippen LogP contribution is 2.25. The number of benzene rings is 6.